The van der Waals surface area contributed by atoms with E-state index >= 15 is 0 Å². The third kappa shape index (κ3) is 3.73. The summed E-state index contributed by atoms with van der Waals surface area (Å²) in [5.41, 5.74) is 1.12. The summed E-state index contributed by atoms with van der Waals surface area (Å²) in [5.74, 6) is -0.669. The maximum Gasteiger partial charge on any atom is 0.397 e. The van der Waals surface area contributed by atoms with Gasteiger partial charge in [-0.3, -0.25) is 9.69 Å². The number of benzene rings is 1. The molecule has 2 aliphatic heterocycles. The molecule has 2 saturated heterocycles. The summed E-state index contributed by atoms with van der Waals surface area (Å²) in [6.07, 6.45) is -3.27. The van der Waals surface area contributed by atoms with E-state index in [1.807, 2.05) is 24.3 Å². The Hall–Kier alpha value is -1.82. The van der Waals surface area contributed by atoms with E-state index in [0.717, 1.165) is 19.6 Å². The average molecular weight is 352 g/mol. The zero-order valence-corrected chi connectivity index (χ0v) is 14.1. The van der Waals surface area contributed by atoms with E-state index in [2.05, 4.69) is 23.6 Å². The molecule has 3 rings (SSSR count). The topological polar surface area (TPSA) is 23.6 Å². The molecule has 6 heteroatoms. The highest BCUT2D eigenvalue weighted by molar-refractivity contribution is 5.77. The van der Waals surface area contributed by atoms with Crippen molar-refractivity contribution < 1.29 is 18.0 Å². The van der Waals surface area contributed by atoms with Crippen molar-refractivity contribution in [3.63, 3.8) is 0 Å². The van der Waals surface area contributed by atoms with E-state index in [4.69, 9.17) is 0 Å². The summed E-state index contributed by atoms with van der Waals surface area (Å²) in [4.78, 5) is 15.7. The first-order valence-corrected chi connectivity index (χ1v) is 8.57. The fraction of sp³-hybridized carbons (Fsp3) is 0.526. The van der Waals surface area contributed by atoms with Gasteiger partial charge in [0.25, 0.3) is 0 Å². The van der Waals surface area contributed by atoms with Gasteiger partial charge in [0.15, 0.2) is 0 Å². The van der Waals surface area contributed by atoms with Crippen molar-refractivity contribution >= 4 is 5.91 Å². The third-order valence-corrected chi connectivity index (χ3v) is 5.47. The van der Waals surface area contributed by atoms with E-state index in [9.17, 15) is 18.0 Å². The molecule has 2 aliphatic rings. The van der Waals surface area contributed by atoms with Crippen molar-refractivity contribution in [2.45, 2.75) is 24.4 Å². The molecule has 136 valence electrons. The molecule has 2 heterocycles. The van der Waals surface area contributed by atoms with Crippen LogP contribution in [0.2, 0.25) is 0 Å². The molecule has 0 aliphatic carbocycles. The second kappa shape index (κ2) is 6.83. The van der Waals surface area contributed by atoms with Crippen LogP contribution in [0.25, 0.3) is 0 Å². The SMILES string of the molecule is C=CCN1C[C@H]2CN(C(=O)CC(F)(F)F)CC[C@]2(c2ccccc2)C1. The second-order valence-electron chi connectivity index (χ2n) is 7.08. The van der Waals surface area contributed by atoms with Crippen LogP contribution in [0, 0.1) is 5.92 Å². The summed E-state index contributed by atoms with van der Waals surface area (Å²) >= 11 is 0. The van der Waals surface area contributed by atoms with Gasteiger partial charge < -0.3 is 4.90 Å². The van der Waals surface area contributed by atoms with Crippen molar-refractivity contribution in [3.05, 3.63) is 48.6 Å². The third-order valence-electron chi connectivity index (χ3n) is 5.47. The number of fused-ring (bicyclic) bond motifs is 1. The minimum absolute atomic E-state index is 0.0979. The number of carbonyl (C=O) groups excluding carboxylic acids is 1. The van der Waals surface area contributed by atoms with Gasteiger partial charge in [0.1, 0.15) is 6.42 Å². The number of hydrogen-bond donors (Lipinski definition) is 0. The van der Waals surface area contributed by atoms with Gasteiger partial charge in [-0.1, -0.05) is 36.4 Å². The van der Waals surface area contributed by atoms with Crippen LogP contribution in [0.3, 0.4) is 0 Å². The van der Waals surface area contributed by atoms with Crippen LogP contribution < -0.4 is 0 Å². The molecule has 0 unspecified atom stereocenters. The highest BCUT2D eigenvalue weighted by Crippen LogP contribution is 2.45. The molecule has 1 aromatic carbocycles. The molecule has 0 saturated carbocycles. The standard InChI is InChI=1S/C19H23F3N2O/c1-2-9-23-12-16-13-24(17(25)11-19(20,21)22)10-8-18(16,14-23)15-6-4-3-5-7-15/h2-7,16H,1,8-14H2/t16-,18+/m0/s1. The van der Waals surface area contributed by atoms with Crippen LogP contribution in [0.5, 0.6) is 0 Å². The van der Waals surface area contributed by atoms with Crippen LogP contribution in [0.4, 0.5) is 13.2 Å². The lowest BCUT2D eigenvalue weighted by Crippen LogP contribution is -2.51. The van der Waals surface area contributed by atoms with E-state index in [1.165, 1.54) is 10.5 Å². The lowest BCUT2D eigenvalue weighted by atomic mass is 9.68. The zero-order valence-electron chi connectivity index (χ0n) is 14.1. The van der Waals surface area contributed by atoms with E-state index in [1.54, 1.807) is 0 Å². The maximum atomic E-state index is 12.6. The Kier molecular flexibility index (Phi) is 4.91. The predicted octanol–water partition coefficient (Wildman–Crippen LogP) is 3.23. The molecule has 1 aromatic rings. The monoisotopic (exact) mass is 352 g/mol. The Balaban J connectivity index is 1.81. The van der Waals surface area contributed by atoms with Crippen LogP contribution in [0.15, 0.2) is 43.0 Å². The number of carbonyl (C=O) groups is 1. The van der Waals surface area contributed by atoms with Gasteiger partial charge in [0.05, 0.1) is 0 Å². The molecule has 25 heavy (non-hydrogen) atoms. The molecule has 0 spiro atoms. The molecular formula is C19H23F3N2O. The van der Waals surface area contributed by atoms with Crippen LogP contribution in [-0.4, -0.2) is 54.6 Å². The Morgan fingerprint density at radius 2 is 2.00 bits per heavy atom. The summed E-state index contributed by atoms with van der Waals surface area (Å²) < 4.78 is 37.7. The van der Waals surface area contributed by atoms with Gasteiger partial charge in [0.2, 0.25) is 5.91 Å². The Morgan fingerprint density at radius 3 is 2.64 bits per heavy atom. The van der Waals surface area contributed by atoms with Crippen molar-refractivity contribution in [1.82, 2.24) is 9.80 Å². The molecule has 1 amide bonds. The van der Waals surface area contributed by atoms with Crippen molar-refractivity contribution in [3.8, 4) is 0 Å². The minimum atomic E-state index is -4.45. The summed E-state index contributed by atoms with van der Waals surface area (Å²) in [7, 11) is 0. The van der Waals surface area contributed by atoms with E-state index in [-0.39, 0.29) is 11.3 Å². The molecule has 0 aromatic heterocycles. The van der Waals surface area contributed by atoms with Gasteiger partial charge in [-0.25, -0.2) is 0 Å². The van der Waals surface area contributed by atoms with Crippen molar-refractivity contribution in [2.24, 2.45) is 5.92 Å². The first-order valence-electron chi connectivity index (χ1n) is 8.57. The highest BCUT2D eigenvalue weighted by atomic mass is 19.4. The summed E-state index contributed by atoms with van der Waals surface area (Å²) in [5, 5.41) is 0. The molecule has 0 N–H and O–H groups in total. The fourth-order valence-electron chi connectivity index (χ4n) is 4.36. The van der Waals surface area contributed by atoms with Gasteiger partial charge in [-0.05, 0) is 12.0 Å². The molecule has 0 radical (unpaired) electrons. The Bertz CT molecular complexity index is 631. The predicted molar refractivity (Wildman–Crippen MR) is 90.1 cm³/mol. The summed E-state index contributed by atoms with van der Waals surface area (Å²) in [6, 6.07) is 10.2. The number of likely N-dealkylation sites (tertiary alicyclic amines) is 2. The number of piperidine rings is 1. The first-order chi connectivity index (χ1) is 11.8. The van der Waals surface area contributed by atoms with Crippen LogP contribution in [0.1, 0.15) is 18.4 Å². The quantitative estimate of drug-likeness (QED) is 0.777. The number of amides is 1. The zero-order chi connectivity index (χ0) is 18.1. The molecule has 3 nitrogen and oxygen atoms in total. The number of hydrogen-bond acceptors (Lipinski definition) is 2. The van der Waals surface area contributed by atoms with Gasteiger partial charge in [-0.2, -0.15) is 13.2 Å². The highest BCUT2D eigenvalue weighted by Gasteiger charge is 2.51. The largest absolute Gasteiger partial charge is 0.397 e. The van der Waals surface area contributed by atoms with Crippen molar-refractivity contribution in [1.29, 1.82) is 0 Å². The van der Waals surface area contributed by atoms with E-state index < -0.39 is 18.5 Å². The molecule has 0 bridgehead atoms. The van der Waals surface area contributed by atoms with Gasteiger partial charge in [-0.15, -0.1) is 6.58 Å². The number of nitrogens with zero attached hydrogens (tertiary/aromatic N) is 2. The second-order valence-corrected chi connectivity index (χ2v) is 7.08. The lowest BCUT2D eigenvalue weighted by molar-refractivity contribution is -0.163. The fourth-order valence-corrected chi connectivity index (χ4v) is 4.36. The number of alkyl halides is 3. The Labute approximate surface area is 146 Å². The molecular weight excluding hydrogens is 329 g/mol. The maximum absolute atomic E-state index is 12.6. The number of halogens is 3. The number of rotatable bonds is 4. The first kappa shape index (κ1) is 18.0. The lowest BCUT2D eigenvalue weighted by Gasteiger charge is -2.44. The molecule has 2 fully saturated rings. The van der Waals surface area contributed by atoms with Crippen LogP contribution in [-0.2, 0) is 10.2 Å². The Morgan fingerprint density at radius 1 is 1.28 bits per heavy atom. The van der Waals surface area contributed by atoms with Crippen LogP contribution >= 0.6 is 0 Å². The molecule has 2 atom stereocenters. The van der Waals surface area contributed by atoms with Gasteiger partial charge in [0, 0.05) is 44.1 Å². The van der Waals surface area contributed by atoms with Gasteiger partial charge >= 0.3 is 6.18 Å². The smallest absolute Gasteiger partial charge is 0.342 e. The normalized spacial score (nSPS) is 27.2. The minimum Gasteiger partial charge on any atom is -0.342 e. The van der Waals surface area contributed by atoms with Crippen molar-refractivity contribution in [2.75, 3.05) is 32.7 Å². The summed E-state index contributed by atoms with van der Waals surface area (Å²) in [6.45, 7) is 6.94. The van der Waals surface area contributed by atoms with E-state index in [0.29, 0.717) is 19.5 Å². The average Bonchev–Trinajstić information content (AvgIpc) is 2.92.